The summed E-state index contributed by atoms with van der Waals surface area (Å²) >= 11 is 0. The van der Waals surface area contributed by atoms with Gasteiger partial charge in [0.1, 0.15) is 5.69 Å². The van der Waals surface area contributed by atoms with Crippen LogP contribution in [0, 0.1) is 6.92 Å². The molecule has 1 aliphatic rings. The number of nitrogens with zero attached hydrogens (tertiary/aromatic N) is 3. The molecule has 0 saturated carbocycles. The molecule has 1 aromatic heterocycles. The van der Waals surface area contributed by atoms with Crippen LogP contribution < -0.4 is 5.32 Å². The Morgan fingerprint density at radius 1 is 1.16 bits per heavy atom. The van der Waals surface area contributed by atoms with Crippen molar-refractivity contribution < 1.29 is 14.3 Å². The van der Waals surface area contributed by atoms with Gasteiger partial charge in [0, 0.05) is 24.5 Å². The molecule has 1 amide bonds. The van der Waals surface area contributed by atoms with Crippen molar-refractivity contribution in [2.75, 3.05) is 25.5 Å². The van der Waals surface area contributed by atoms with Crippen LogP contribution in [0.15, 0.2) is 30.3 Å². The third-order valence-corrected chi connectivity index (χ3v) is 4.01. The summed E-state index contributed by atoms with van der Waals surface area (Å²) in [5.74, 6) is -0.169. The van der Waals surface area contributed by atoms with Gasteiger partial charge in [-0.3, -0.25) is 4.79 Å². The Morgan fingerprint density at radius 2 is 1.92 bits per heavy atom. The van der Waals surface area contributed by atoms with Gasteiger partial charge in [0.25, 0.3) is 5.91 Å². The van der Waals surface area contributed by atoms with Crippen molar-refractivity contribution in [1.29, 1.82) is 0 Å². The standard InChI is InChI=1S/C18H20N4O3/c1-12-10-15(16(23)22-8-3-4-9-22)21-18(19-12)20-14-7-5-6-13(11-14)17(24)25-2/h5-7,10-11H,3-4,8-9H2,1-2H3,(H,19,20,21). The second-order valence-corrected chi connectivity index (χ2v) is 5.91. The molecule has 1 fully saturated rings. The minimum Gasteiger partial charge on any atom is -0.465 e. The number of rotatable bonds is 4. The average molecular weight is 340 g/mol. The highest BCUT2D eigenvalue weighted by Gasteiger charge is 2.21. The number of amides is 1. The summed E-state index contributed by atoms with van der Waals surface area (Å²) in [5, 5.41) is 3.05. The predicted octanol–water partition coefficient (Wildman–Crippen LogP) is 2.55. The van der Waals surface area contributed by atoms with Gasteiger partial charge in [0.05, 0.1) is 12.7 Å². The smallest absolute Gasteiger partial charge is 0.337 e. The summed E-state index contributed by atoms with van der Waals surface area (Å²) in [6.45, 7) is 3.36. The monoisotopic (exact) mass is 340 g/mol. The molecule has 2 heterocycles. The van der Waals surface area contributed by atoms with Crippen LogP contribution in [0.25, 0.3) is 0 Å². The molecule has 0 atom stereocenters. The van der Waals surface area contributed by atoms with E-state index in [0.29, 0.717) is 28.6 Å². The van der Waals surface area contributed by atoms with E-state index in [1.807, 2.05) is 11.8 Å². The number of benzene rings is 1. The molecule has 25 heavy (non-hydrogen) atoms. The quantitative estimate of drug-likeness (QED) is 0.861. The lowest BCUT2D eigenvalue weighted by Gasteiger charge is -2.15. The topological polar surface area (TPSA) is 84.4 Å². The third-order valence-electron chi connectivity index (χ3n) is 4.01. The predicted molar refractivity (Wildman–Crippen MR) is 93.0 cm³/mol. The zero-order valence-electron chi connectivity index (χ0n) is 14.3. The number of aromatic nitrogens is 2. The van der Waals surface area contributed by atoms with Gasteiger partial charge in [0.15, 0.2) is 0 Å². The summed E-state index contributed by atoms with van der Waals surface area (Å²) in [6.07, 6.45) is 2.06. The molecular weight excluding hydrogens is 320 g/mol. The SMILES string of the molecule is COC(=O)c1cccc(Nc2nc(C)cc(C(=O)N3CCCC3)n2)c1. The van der Waals surface area contributed by atoms with Crippen LogP contribution in [0.3, 0.4) is 0 Å². The van der Waals surface area contributed by atoms with Crippen LogP contribution >= 0.6 is 0 Å². The zero-order valence-corrected chi connectivity index (χ0v) is 14.3. The first kappa shape index (κ1) is 16.9. The van der Waals surface area contributed by atoms with E-state index < -0.39 is 5.97 Å². The van der Waals surface area contributed by atoms with Crippen molar-refractivity contribution in [3.05, 3.63) is 47.3 Å². The van der Waals surface area contributed by atoms with Gasteiger partial charge in [-0.1, -0.05) is 6.07 Å². The molecule has 3 rings (SSSR count). The van der Waals surface area contributed by atoms with Crippen molar-refractivity contribution in [1.82, 2.24) is 14.9 Å². The van der Waals surface area contributed by atoms with Crippen LogP contribution in [-0.4, -0.2) is 46.9 Å². The third kappa shape index (κ3) is 3.93. The molecular formula is C18H20N4O3. The van der Waals surface area contributed by atoms with Gasteiger partial charge < -0.3 is 15.0 Å². The van der Waals surface area contributed by atoms with Crippen LogP contribution in [0.2, 0.25) is 0 Å². The molecule has 1 saturated heterocycles. The Bertz CT molecular complexity index is 801. The summed E-state index contributed by atoms with van der Waals surface area (Å²) in [5.41, 5.74) is 2.15. The Hall–Kier alpha value is -2.96. The maximum absolute atomic E-state index is 12.5. The first-order valence-electron chi connectivity index (χ1n) is 8.17. The number of nitrogens with one attached hydrogen (secondary N) is 1. The number of ether oxygens (including phenoxy) is 1. The van der Waals surface area contributed by atoms with Crippen molar-refractivity contribution in [2.45, 2.75) is 19.8 Å². The van der Waals surface area contributed by atoms with Crippen LogP contribution in [0.1, 0.15) is 39.4 Å². The van der Waals surface area contributed by atoms with Crippen molar-refractivity contribution in [3.8, 4) is 0 Å². The highest BCUT2D eigenvalue weighted by atomic mass is 16.5. The molecule has 0 aliphatic carbocycles. The maximum Gasteiger partial charge on any atom is 0.337 e. The molecule has 2 aromatic rings. The van der Waals surface area contributed by atoms with Gasteiger partial charge in [-0.25, -0.2) is 14.8 Å². The van der Waals surface area contributed by atoms with Crippen LogP contribution in [-0.2, 0) is 4.74 Å². The Kier molecular flexibility index (Phi) is 4.92. The minimum absolute atomic E-state index is 0.0747. The van der Waals surface area contributed by atoms with E-state index in [1.165, 1.54) is 7.11 Å². The number of hydrogen-bond acceptors (Lipinski definition) is 6. The number of anilines is 2. The molecule has 0 bridgehead atoms. The number of likely N-dealkylation sites (tertiary alicyclic amines) is 1. The number of carbonyl (C=O) groups excluding carboxylic acids is 2. The van der Waals surface area contributed by atoms with E-state index in [9.17, 15) is 9.59 Å². The average Bonchev–Trinajstić information content (AvgIpc) is 3.14. The van der Waals surface area contributed by atoms with Gasteiger partial charge >= 0.3 is 5.97 Å². The fraction of sp³-hybridized carbons (Fsp3) is 0.333. The van der Waals surface area contributed by atoms with E-state index >= 15 is 0 Å². The minimum atomic E-state index is -0.418. The van der Waals surface area contributed by atoms with E-state index in [-0.39, 0.29) is 5.91 Å². The summed E-state index contributed by atoms with van der Waals surface area (Å²) in [6, 6.07) is 8.54. The lowest BCUT2D eigenvalue weighted by atomic mass is 10.2. The summed E-state index contributed by atoms with van der Waals surface area (Å²) in [7, 11) is 1.34. The van der Waals surface area contributed by atoms with Crippen molar-refractivity contribution >= 4 is 23.5 Å². The molecule has 1 aromatic carbocycles. The molecule has 7 nitrogen and oxygen atoms in total. The molecule has 0 radical (unpaired) electrons. The number of hydrogen-bond donors (Lipinski definition) is 1. The van der Waals surface area contributed by atoms with Crippen LogP contribution in [0.4, 0.5) is 11.6 Å². The number of methoxy groups -OCH3 is 1. The highest BCUT2D eigenvalue weighted by molar-refractivity contribution is 5.93. The fourth-order valence-electron chi connectivity index (χ4n) is 2.79. The van der Waals surface area contributed by atoms with E-state index in [0.717, 1.165) is 25.9 Å². The lowest BCUT2D eigenvalue weighted by Crippen LogP contribution is -2.28. The first-order chi connectivity index (χ1) is 12.1. The van der Waals surface area contributed by atoms with Gasteiger partial charge in [0.2, 0.25) is 5.95 Å². The Morgan fingerprint density at radius 3 is 2.64 bits per heavy atom. The van der Waals surface area contributed by atoms with E-state index in [4.69, 9.17) is 4.74 Å². The van der Waals surface area contributed by atoms with Crippen molar-refractivity contribution in [2.24, 2.45) is 0 Å². The van der Waals surface area contributed by atoms with Crippen molar-refractivity contribution in [3.63, 3.8) is 0 Å². The number of aryl methyl sites for hydroxylation is 1. The first-order valence-corrected chi connectivity index (χ1v) is 8.17. The maximum atomic E-state index is 12.5. The number of esters is 1. The molecule has 0 unspecified atom stereocenters. The fourth-order valence-corrected chi connectivity index (χ4v) is 2.79. The summed E-state index contributed by atoms with van der Waals surface area (Å²) in [4.78, 5) is 34.6. The van der Waals surface area contributed by atoms with E-state index in [2.05, 4.69) is 15.3 Å². The second kappa shape index (κ2) is 7.29. The van der Waals surface area contributed by atoms with Gasteiger partial charge in [-0.05, 0) is 44.0 Å². The number of carbonyl (C=O) groups is 2. The van der Waals surface area contributed by atoms with Crippen LogP contribution in [0.5, 0.6) is 0 Å². The summed E-state index contributed by atoms with van der Waals surface area (Å²) < 4.78 is 4.72. The highest BCUT2D eigenvalue weighted by Crippen LogP contribution is 2.18. The normalized spacial score (nSPS) is 13.6. The molecule has 7 heteroatoms. The molecule has 0 spiro atoms. The Labute approximate surface area is 146 Å². The van der Waals surface area contributed by atoms with E-state index in [1.54, 1.807) is 30.3 Å². The molecule has 130 valence electrons. The zero-order chi connectivity index (χ0) is 17.8. The lowest BCUT2D eigenvalue weighted by molar-refractivity contribution is 0.0600. The van der Waals surface area contributed by atoms with Gasteiger partial charge in [-0.2, -0.15) is 0 Å². The Balaban J connectivity index is 1.83. The second-order valence-electron chi connectivity index (χ2n) is 5.91. The molecule has 1 N–H and O–H groups in total. The van der Waals surface area contributed by atoms with Gasteiger partial charge in [-0.15, -0.1) is 0 Å². The largest absolute Gasteiger partial charge is 0.465 e. The molecule has 1 aliphatic heterocycles.